The highest BCUT2D eigenvalue weighted by molar-refractivity contribution is 5.84. The number of fused-ring (bicyclic) bond motifs is 1. The lowest BCUT2D eigenvalue weighted by Crippen LogP contribution is -2.34. The van der Waals surface area contributed by atoms with E-state index >= 15 is 0 Å². The molecule has 118 valence electrons. The molecule has 1 saturated heterocycles. The average Bonchev–Trinajstić information content (AvgIpc) is 3.24. The van der Waals surface area contributed by atoms with E-state index in [4.69, 9.17) is 14.2 Å². The van der Waals surface area contributed by atoms with Crippen LogP contribution >= 0.6 is 0 Å². The third-order valence-corrected chi connectivity index (χ3v) is 3.89. The van der Waals surface area contributed by atoms with Gasteiger partial charge >= 0.3 is 11.9 Å². The molecule has 0 radical (unpaired) electrons. The van der Waals surface area contributed by atoms with Crippen LogP contribution in [0.3, 0.4) is 0 Å². The van der Waals surface area contributed by atoms with Crippen LogP contribution in [0.2, 0.25) is 0 Å². The molecule has 0 N–H and O–H groups in total. The fourth-order valence-electron chi connectivity index (χ4n) is 2.63. The second-order valence-electron chi connectivity index (χ2n) is 5.52. The number of hydrogen-bond donors (Lipinski definition) is 0. The average molecular weight is 296 g/mol. The number of hydrogen-bond acceptors (Lipinski definition) is 5. The summed E-state index contributed by atoms with van der Waals surface area (Å²) in [6.07, 6.45) is 6.46. The Morgan fingerprint density at radius 2 is 2.00 bits per heavy atom. The molecule has 21 heavy (non-hydrogen) atoms. The molecule has 1 heterocycles. The summed E-state index contributed by atoms with van der Waals surface area (Å²) >= 11 is 0. The number of ether oxygens (including phenoxy) is 3. The predicted molar refractivity (Wildman–Crippen MR) is 76.3 cm³/mol. The van der Waals surface area contributed by atoms with Crippen molar-refractivity contribution in [1.29, 1.82) is 0 Å². The lowest BCUT2D eigenvalue weighted by molar-refractivity contribution is -0.159. The Morgan fingerprint density at radius 1 is 1.19 bits per heavy atom. The zero-order valence-electron chi connectivity index (χ0n) is 12.8. The third-order valence-electron chi connectivity index (χ3n) is 3.89. The minimum Gasteiger partial charge on any atom is -0.483 e. The van der Waals surface area contributed by atoms with Gasteiger partial charge in [-0.3, -0.25) is 9.59 Å². The van der Waals surface area contributed by atoms with Crippen molar-refractivity contribution in [2.75, 3.05) is 13.2 Å². The second kappa shape index (κ2) is 7.48. The van der Waals surface area contributed by atoms with Gasteiger partial charge in [-0.25, -0.2) is 0 Å². The van der Waals surface area contributed by atoms with Crippen LogP contribution in [-0.4, -0.2) is 31.3 Å². The standard InChI is InChI=1S/C16H24O5/c1-3-5-6-7-8-20-16(18)12-10-14-13(21-14)9-11(12)15(17)19-4-2/h9,11-12,14H,3-8,10H2,1-2H3. The summed E-state index contributed by atoms with van der Waals surface area (Å²) in [4.78, 5) is 24.2. The topological polar surface area (TPSA) is 65.1 Å². The molecule has 0 spiro atoms. The van der Waals surface area contributed by atoms with Crippen LogP contribution < -0.4 is 0 Å². The number of epoxide rings is 1. The van der Waals surface area contributed by atoms with Crippen LogP contribution in [0, 0.1) is 11.8 Å². The number of rotatable bonds is 8. The van der Waals surface area contributed by atoms with E-state index in [1.165, 1.54) is 0 Å². The summed E-state index contributed by atoms with van der Waals surface area (Å²) in [6.45, 7) is 4.62. The molecular formula is C16H24O5. The van der Waals surface area contributed by atoms with Gasteiger partial charge in [0.2, 0.25) is 0 Å². The minimum atomic E-state index is -0.568. The number of unbranched alkanes of at least 4 members (excludes halogenated alkanes) is 3. The largest absolute Gasteiger partial charge is 0.483 e. The van der Waals surface area contributed by atoms with Crippen molar-refractivity contribution in [2.45, 2.75) is 52.1 Å². The Hall–Kier alpha value is -1.52. The highest BCUT2D eigenvalue weighted by Crippen LogP contribution is 2.42. The van der Waals surface area contributed by atoms with Gasteiger partial charge in [-0.1, -0.05) is 26.2 Å². The van der Waals surface area contributed by atoms with Crippen LogP contribution in [-0.2, 0) is 23.8 Å². The van der Waals surface area contributed by atoms with E-state index in [0.717, 1.165) is 31.4 Å². The maximum atomic E-state index is 12.2. The monoisotopic (exact) mass is 296 g/mol. The van der Waals surface area contributed by atoms with Gasteiger partial charge in [0.1, 0.15) is 5.76 Å². The van der Waals surface area contributed by atoms with Crippen LogP contribution in [0.1, 0.15) is 46.0 Å². The highest BCUT2D eigenvalue weighted by Gasteiger charge is 2.48. The van der Waals surface area contributed by atoms with Crippen molar-refractivity contribution in [3.63, 3.8) is 0 Å². The molecule has 1 aliphatic carbocycles. The van der Waals surface area contributed by atoms with Crippen molar-refractivity contribution in [3.8, 4) is 0 Å². The number of esters is 2. The molecule has 0 bridgehead atoms. The molecule has 2 rings (SSSR count). The van der Waals surface area contributed by atoms with Crippen LogP contribution in [0.15, 0.2) is 11.8 Å². The second-order valence-corrected chi connectivity index (χ2v) is 5.52. The number of carbonyl (C=O) groups is 2. The summed E-state index contributed by atoms with van der Waals surface area (Å²) in [5, 5.41) is 0. The Kier molecular flexibility index (Phi) is 5.65. The van der Waals surface area contributed by atoms with E-state index in [-0.39, 0.29) is 18.0 Å². The smallest absolute Gasteiger partial charge is 0.313 e. The maximum Gasteiger partial charge on any atom is 0.313 e. The lowest BCUT2D eigenvalue weighted by atomic mass is 9.84. The van der Waals surface area contributed by atoms with E-state index < -0.39 is 11.8 Å². The third kappa shape index (κ3) is 4.22. The first-order valence-corrected chi connectivity index (χ1v) is 7.89. The van der Waals surface area contributed by atoms with Crippen LogP contribution in [0.5, 0.6) is 0 Å². The fraction of sp³-hybridized carbons (Fsp3) is 0.750. The maximum absolute atomic E-state index is 12.2. The van der Waals surface area contributed by atoms with E-state index in [0.29, 0.717) is 19.6 Å². The molecule has 0 amide bonds. The number of carbonyl (C=O) groups excluding carboxylic acids is 2. The van der Waals surface area contributed by atoms with Gasteiger partial charge in [-0.05, 0) is 19.4 Å². The molecular weight excluding hydrogens is 272 g/mol. The van der Waals surface area contributed by atoms with Crippen molar-refractivity contribution in [1.82, 2.24) is 0 Å². The predicted octanol–water partition coefficient (Wildman–Crippen LogP) is 2.59. The summed E-state index contributed by atoms with van der Waals surface area (Å²) < 4.78 is 15.7. The van der Waals surface area contributed by atoms with E-state index in [2.05, 4.69) is 6.92 Å². The quantitative estimate of drug-likeness (QED) is 0.391. The summed E-state index contributed by atoms with van der Waals surface area (Å²) in [5.74, 6) is -0.921. The summed E-state index contributed by atoms with van der Waals surface area (Å²) in [5.41, 5.74) is 0. The molecule has 5 heteroatoms. The van der Waals surface area contributed by atoms with Crippen molar-refractivity contribution < 1.29 is 23.8 Å². The first-order chi connectivity index (χ1) is 10.2. The molecule has 1 fully saturated rings. The molecule has 0 saturated carbocycles. The SMILES string of the molecule is CCCCCCOC(=O)C1CC2OC2=CC1C(=O)OCC. The molecule has 0 aromatic rings. The van der Waals surface area contributed by atoms with E-state index in [1.54, 1.807) is 13.0 Å². The molecule has 5 nitrogen and oxygen atoms in total. The van der Waals surface area contributed by atoms with Gasteiger partial charge in [0.05, 0.1) is 25.0 Å². The first kappa shape index (κ1) is 15.9. The minimum absolute atomic E-state index is 0.00619. The molecule has 0 aromatic heterocycles. The van der Waals surface area contributed by atoms with Gasteiger partial charge < -0.3 is 14.2 Å². The normalized spacial score (nSPS) is 26.2. The Morgan fingerprint density at radius 3 is 2.71 bits per heavy atom. The van der Waals surface area contributed by atoms with Gasteiger partial charge in [-0.2, -0.15) is 0 Å². The van der Waals surface area contributed by atoms with Crippen molar-refractivity contribution in [2.24, 2.45) is 11.8 Å². The van der Waals surface area contributed by atoms with E-state index in [9.17, 15) is 9.59 Å². The Balaban J connectivity index is 1.85. The van der Waals surface area contributed by atoms with Gasteiger partial charge in [-0.15, -0.1) is 0 Å². The Bertz CT molecular complexity index is 415. The van der Waals surface area contributed by atoms with Gasteiger partial charge in [0, 0.05) is 6.42 Å². The van der Waals surface area contributed by atoms with Gasteiger partial charge in [0.25, 0.3) is 0 Å². The summed E-state index contributed by atoms with van der Waals surface area (Å²) in [6, 6.07) is 0. The van der Waals surface area contributed by atoms with Crippen LogP contribution in [0.4, 0.5) is 0 Å². The molecule has 3 atom stereocenters. The van der Waals surface area contributed by atoms with Crippen molar-refractivity contribution >= 4 is 11.9 Å². The zero-order chi connectivity index (χ0) is 15.2. The van der Waals surface area contributed by atoms with Crippen molar-refractivity contribution in [3.05, 3.63) is 11.8 Å². The molecule has 3 unspecified atom stereocenters. The Labute approximate surface area is 125 Å². The van der Waals surface area contributed by atoms with Gasteiger partial charge in [0.15, 0.2) is 6.10 Å². The lowest BCUT2D eigenvalue weighted by Gasteiger charge is -2.22. The molecule has 0 aromatic carbocycles. The zero-order valence-corrected chi connectivity index (χ0v) is 12.8. The van der Waals surface area contributed by atoms with E-state index in [1.807, 2.05) is 0 Å². The van der Waals surface area contributed by atoms with Crippen LogP contribution in [0.25, 0.3) is 0 Å². The fourth-order valence-corrected chi connectivity index (χ4v) is 2.63. The summed E-state index contributed by atoms with van der Waals surface area (Å²) in [7, 11) is 0. The molecule has 2 aliphatic rings. The molecule has 1 aliphatic heterocycles. The highest BCUT2D eigenvalue weighted by atomic mass is 16.6. The first-order valence-electron chi connectivity index (χ1n) is 7.89.